The van der Waals surface area contributed by atoms with E-state index in [-0.39, 0.29) is 11.6 Å². The molecule has 0 atom stereocenters. The van der Waals surface area contributed by atoms with Crippen LogP contribution in [-0.4, -0.2) is 21.8 Å². The van der Waals surface area contributed by atoms with Gasteiger partial charge in [-0.3, -0.25) is 9.59 Å². The van der Waals surface area contributed by atoms with Gasteiger partial charge in [-0.05, 0) is 76.2 Å². The molecule has 1 heterocycles. The standard InChI is InChI=1S/C24H24N4O3/c1-15(11-17(3)29)25-21-9-5-7-19(13-21)23-27-28-24(31-23)20-8-6-10-22(14-20)26-16(2)12-18(4)30/h5-14,25-26H,1-4H3. The van der Waals surface area contributed by atoms with Crippen LogP contribution in [0.2, 0.25) is 0 Å². The molecule has 158 valence electrons. The molecule has 0 radical (unpaired) electrons. The molecule has 3 aromatic rings. The van der Waals surface area contributed by atoms with Crippen LogP contribution in [-0.2, 0) is 9.59 Å². The summed E-state index contributed by atoms with van der Waals surface area (Å²) in [4.78, 5) is 22.5. The largest absolute Gasteiger partial charge is 0.416 e. The quantitative estimate of drug-likeness (QED) is 0.486. The number of carbonyl (C=O) groups is 2. The molecule has 7 nitrogen and oxygen atoms in total. The average molecular weight is 416 g/mol. The van der Waals surface area contributed by atoms with E-state index in [0.717, 1.165) is 33.9 Å². The number of rotatable bonds is 8. The Morgan fingerprint density at radius 2 is 1.16 bits per heavy atom. The molecule has 0 amide bonds. The minimum Gasteiger partial charge on any atom is -0.416 e. The van der Waals surface area contributed by atoms with Gasteiger partial charge in [-0.15, -0.1) is 10.2 Å². The first-order valence-corrected chi connectivity index (χ1v) is 9.76. The molecule has 1 aromatic heterocycles. The van der Waals surface area contributed by atoms with E-state index in [2.05, 4.69) is 20.8 Å². The van der Waals surface area contributed by atoms with Gasteiger partial charge >= 0.3 is 0 Å². The SMILES string of the molecule is CC(=O)C=C(C)Nc1cccc(-c2nnc(-c3cccc(NC(C)=CC(C)=O)c3)o2)c1. The summed E-state index contributed by atoms with van der Waals surface area (Å²) in [6, 6.07) is 15.0. The summed E-state index contributed by atoms with van der Waals surface area (Å²) in [5.41, 5.74) is 4.63. The summed E-state index contributed by atoms with van der Waals surface area (Å²) in [5, 5.41) is 14.7. The van der Waals surface area contributed by atoms with Crippen molar-refractivity contribution in [2.75, 3.05) is 10.6 Å². The summed E-state index contributed by atoms with van der Waals surface area (Å²) in [7, 11) is 0. The van der Waals surface area contributed by atoms with Crippen molar-refractivity contribution >= 4 is 22.9 Å². The summed E-state index contributed by atoms with van der Waals surface area (Å²) in [5.74, 6) is 0.730. The average Bonchev–Trinajstić information content (AvgIpc) is 3.17. The minimum absolute atomic E-state index is 0.0219. The Labute approximate surface area is 180 Å². The molecule has 0 saturated carbocycles. The molecule has 0 saturated heterocycles. The third-order valence-electron chi connectivity index (χ3n) is 4.17. The molecule has 0 bridgehead atoms. The molecule has 2 aromatic carbocycles. The number of carbonyl (C=O) groups excluding carboxylic acids is 2. The number of allylic oxidation sites excluding steroid dienone is 4. The van der Waals surface area contributed by atoms with Crippen molar-refractivity contribution in [1.29, 1.82) is 0 Å². The lowest BCUT2D eigenvalue weighted by Crippen LogP contribution is -1.98. The van der Waals surface area contributed by atoms with Gasteiger partial charge in [0, 0.05) is 33.9 Å². The van der Waals surface area contributed by atoms with Crippen molar-refractivity contribution in [2.24, 2.45) is 0 Å². The fourth-order valence-corrected chi connectivity index (χ4v) is 3.05. The van der Waals surface area contributed by atoms with Gasteiger partial charge in [-0.25, -0.2) is 0 Å². The molecule has 2 N–H and O–H groups in total. The maximum atomic E-state index is 11.2. The normalized spacial score (nSPS) is 11.9. The first kappa shape index (κ1) is 21.7. The molecular weight excluding hydrogens is 392 g/mol. The molecule has 0 aliphatic heterocycles. The number of nitrogens with zero attached hydrogens (tertiary/aromatic N) is 2. The minimum atomic E-state index is -0.0219. The van der Waals surface area contributed by atoms with Crippen LogP contribution in [0.1, 0.15) is 27.7 Å². The van der Waals surface area contributed by atoms with E-state index < -0.39 is 0 Å². The van der Waals surface area contributed by atoms with Crippen LogP contribution < -0.4 is 10.6 Å². The fourth-order valence-electron chi connectivity index (χ4n) is 3.05. The molecular formula is C24H24N4O3. The van der Waals surface area contributed by atoms with Crippen LogP contribution in [0.15, 0.2) is 76.5 Å². The highest BCUT2D eigenvalue weighted by Crippen LogP contribution is 2.27. The number of ketones is 2. The van der Waals surface area contributed by atoms with Crippen LogP contribution >= 0.6 is 0 Å². The van der Waals surface area contributed by atoms with E-state index >= 15 is 0 Å². The zero-order valence-corrected chi connectivity index (χ0v) is 17.9. The van der Waals surface area contributed by atoms with Crippen LogP contribution in [0.4, 0.5) is 11.4 Å². The first-order chi connectivity index (χ1) is 14.8. The molecule has 0 aliphatic carbocycles. The Hall–Kier alpha value is -4.00. The van der Waals surface area contributed by atoms with E-state index in [1.165, 1.54) is 26.0 Å². The topological polar surface area (TPSA) is 97.1 Å². The third-order valence-corrected chi connectivity index (χ3v) is 4.17. The van der Waals surface area contributed by atoms with Crippen molar-refractivity contribution < 1.29 is 14.0 Å². The van der Waals surface area contributed by atoms with Crippen LogP contribution in [0, 0.1) is 0 Å². The lowest BCUT2D eigenvalue weighted by Gasteiger charge is -2.07. The van der Waals surface area contributed by atoms with E-state index in [1.54, 1.807) is 0 Å². The van der Waals surface area contributed by atoms with E-state index in [1.807, 2.05) is 62.4 Å². The summed E-state index contributed by atoms with van der Waals surface area (Å²) < 4.78 is 5.89. The molecule has 0 aliphatic rings. The second-order valence-electron chi connectivity index (χ2n) is 7.20. The van der Waals surface area contributed by atoms with Gasteiger partial charge in [0.2, 0.25) is 11.8 Å². The number of hydrogen-bond acceptors (Lipinski definition) is 7. The Morgan fingerprint density at radius 1 is 0.742 bits per heavy atom. The zero-order valence-electron chi connectivity index (χ0n) is 17.9. The van der Waals surface area contributed by atoms with Gasteiger partial charge < -0.3 is 15.1 Å². The summed E-state index contributed by atoms with van der Waals surface area (Å²) in [6.45, 7) is 6.67. The van der Waals surface area contributed by atoms with Crippen molar-refractivity contribution in [2.45, 2.75) is 27.7 Å². The Morgan fingerprint density at radius 3 is 1.55 bits per heavy atom. The first-order valence-electron chi connectivity index (χ1n) is 9.76. The van der Waals surface area contributed by atoms with Crippen LogP contribution in [0.25, 0.3) is 22.9 Å². The van der Waals surface area contributed by atoms with Gasteiger partial charge in [0.15, 0.2) is 11.6 Å². The van der Waals surface area contributed by atoms with Gasteiger partial charge in [-0.2, -0.15) is 0 Å². The number of anilines is 2. The fraction of sp³-hybridized carbons (Fsp3) is 0.167. The van der Waals surface area contributed by atoms with Crippen molar-refractivity contribution in [3.05, 3.63) is 72.1 Å². The number of benzene rings is 2. The van der Waals surface area contributed by atoms with E-state index in [9.17, 15) is 9.59 Å². The van der Waals surface area contributed by atoms with E-state index in [4.69, 9.17) is 4.42 Å². The van der Waals surface area contributed by atoms with Crippen molar-refractivity contribution in [3.63, 3.8) is 0 Å². The predicted molar refractivity (Wildman–Crippen MR) is 121 cm³/mol. The predicted octanol–water partition coefficient (Wildman–Crippen LogP) is 5.21. The van der Waals surface area contributed by atoms with Gasteiger partial charge in [0.25, 0.3) is 0 Å². The molecule has 0 unspecified atom stereocenters. The highest BCUT2D eigenvalue weighted by atomic mass is 16.4. The number of hydrogen-bond donors (Lipinski definition) is 2. The Balaban J connectivity index is 1.81. The smallest absolute Gasteiger partial charge is 0.248 e. The highest BCUT2D eigenvalue weighted by molar-refractivity contribution is 5.89. The highest BCUT2D eigenvalue weighted by Gasteiger charge is 2.12. The molecule has 31 heavy (non-hydrogen) atoms. The second kappa shape index (κ2) is 9.67. The van der Waals surface area contributed by atoms with Crippen LogP contribution in [0.3, 0.4) is 0 Å². The summed E-state index contributed by atoms with van der Waals surface area (Å²) >= 11 is 0. The molecule has 0 spiro atoms. The van der Waals surface area contributed by atoms with Crippen molar-refractivity contribution in [1.82, 2.24) is 10.2 Å². The van der Waals surface area contributed by atoms with Gasteiger partial charge in [-0.1, -0.05) is 12.1 Å². The van der Waals surface area contributed by atoms with Crippen molar-refractivity contribution in [3.8, 4) is 22.9 Å². The maximum absolute atomic E-state index is 11.2. The van der Waals surface area contributed by atoms with Crippen LogP contribution in [0.5, 0.6) is 0 Å². The summed E-state index contributed by atoms with van der Waals surface area (Å²) in [6.07, 6.45) is 3.07. The molecule has 7 heteroatoms. The third kappa shape index (κ3) is 6.24. The zero-order chi connectivity index (χ0) is 22.4. The van der Waals surface area contributed by atoms with Gasteiger partial charge in [0.1, 0.15) is 0 Å². The Kier molecular flexibility index (Phi) is 6.77. The Bertz CT molecular complexity index is 1080. The molecule has 3 rings (SSSR count). The second-order valence-corrected chi connectivity index (χ2v) is 7.20. The number of aromatic nitrogens is 2. The van der Waals surface area contributed by atoms with Gasteiger partial charge in [0.05, 0.1) is 0 Å². The lowest BCUT2D eigenvalue weighted by molar-refractivity contribution is -0.113. The maximum Gasteiger partial charge on any atom is 0.248 e. The molecule has 0 fully saturated rings. The van der Waals surface area contributed by atoms with E-state index in [0.29, 0.717) is 11.8 Å². The lowest BCUT2D eigenvalue weighted by atomic mass is 10.2. The number of nitrogens with one attached hydrogen (secondary N) is 2. The monoisotopic (exact) mass is 416 g/mol.